The summed E-state index contributed by atoms with van der Waals surface area (Å²) in [5.41, 5.74) is 7.36. The van der Waals surface area contributed by atoms with Crippen LogP contribution in [-0.2, 0) is 0 Å². The molecule has 0 nitrogen and oxygen atoms in total. The maximum Gasteiger partial charge on any atom is 0.0128 e. The zero-order chi connectivity index (χ0) is 15.1. The Labute approximate surface area is 124 Å². The highest BCUT2D eigenvalue weighted by atomic mass is 14.1. The van der Waals surface area contributed by atoms with Crippen molar-refractivity contribution in [2.75, 3.05) is 0 Å². The maximum atomic E-state index is 4.16. The predicted octanol–water partition coefficient (Wildman–Crippen LogP) is 5.99. The van der Waals surface area contributed by atoms with E-state index in [9.17, 15) is 0 Å². The third-order valence-corrected chi connectivity index (χ3v) is 3.30. The lowest BCUT2D eigenvalue weighted by atomic mass is 9.97. The van der Waals surface area contributed by atoms with Gasteiger partial charge in [-0.2, -0.15) is 0 Å². The second kappa shape index (κ2) is 7.69. The van der Waals surface area contributed by atoms with Gasteiger partial charge in [0.1, 0.15) is 0 Å². The first-order valence-electron chi connectivity index (χ1n) is 7.24. The van der Waals surface area contributed by atoms with Crippen LogP contribution in [0.25, 0.3) is 5.57 Å². The Morgan fingerprint density at radius 2 is 1.70 bits per heavy atom. The molecule has 105 valence electrons. The normalized spacial score (nSPS) is 15.4. The molecular formula is C20H25. The molecule has 1 aromatic carbocycles. The third kappa shape index (κ3) is 4.38. The van der Waals surface area contributed by atoms with Crippen LogP contribution in [0.1, 0.15) is 37.5 Å². The Morgan fingerprint density at radius 3 is 2.25 bits per heavy atom. The van der Waals surface area contributed by atoms with E-state index >= 15 is 0 Å². The summed E-state index contributed by atoms with van der Waals surface area (Å²) < 4.78 is 0. The van der Waals surface area contributed by atoms with Crippen LogP contribution in [0.15, 0.2) is 60.2 Å². The van der Waals surface area contributed by atoms with E-state index in [4.69, 9.17) is 0 Å². The summed E-state index contributed by atoms with van der Waals surface area (Å²) in [7, 11) is 0. The monoisotopic (exact) mass is 265 g/mol. The second-order valence-corrected chi connectivity index (χ2v) is 4.88. The van der Waals surface area contributed by atoms with E-state index in [0.29, 0.717) is 0 Å². The van der Waals surface area contributed by atoms with E-state index in [1.807, 2.05) is 13.8 Å². The van der Waals surface area contributed by atoms with Gasteiger partial charge in [-0.3, -0.25) is 0 Å². The van der Waals surface area contributed by atoms with Crippen molar-refractivity contribution in [3.8, 4) is 0 Å². The first-order valence-corrected chi connectivity index (χ1v) is 7.24. The number of hydrogen-bond acceptors (Lipinski definition) is 0. The highest BCUT2D eigenvalue weighted by molar-refractivity contribution is 5.75. The largest absolute Gasteiger partial charge is 0.0911 e. The zero-order valence-corrected chi connectivity index (χ0v) is 13.3. The Balaban J connectivity index is 0.000000956. The van der Waals surface area contributed by atoms with Gasteiger partial charge in [0.2, 0.25) is 0 Å². The van der Waals surface area contributed by atoms with Crippen LogP contribution >= 0.6 is 0 Å². The van der Waals surface area contributed by atoms with Crippen LogP contribution in [-0.4, -0.2) is 0 Å². The fraction of sp³-hybridized carbons (Fsp3) is 0.250. The molecule has 2 rings (SSSR count). The Morgan fingerprint density at radius 1 is 1.00 bits per heavy atom. The summed E-state index contributed by atoms with van der Waals surface area (Å²) in [5.74, 6) is 0. The number of rotatable bonds is 2. The minimum absolute atomic E-state index is 1.06. The topological polar surface area (TPSA) is 0 Å². The highest BCUT2D eigenvalue weighted by Crippen LogP contribution is 2.22. The SMILES string of the molecule is C=C(/C=C1\[CH]C=C(C)C=C1)c1ccc(C)c(C)c1.CC. The van der Waals surface area contributed by atoms with Crippen LogP contribution in [0.5, 0.6) is 0 Å². The molecule has 0 fully saturated rings. The van der Waals surface area contributed by atoms with E-state index in [0.717, 1.165) is 5.57 Å². The van der Waals surface area contributed by atoms with Gasteiger partial charge in [-0.25, -0.2) is 0 Å². The fourth-order valence-corrected chi connectivity index (χ4v) is 1.89. The van der Waals surface area contributed by atoms with E-state index in [1.165, 1.54) is 27.8 Å². The van der Waals surface area contributed by atoms with Crippen LogP contribution in [0.3, 0.4) is 0 Å². The van der Waals surface area contributed by atoms with Crippen molar-refractivity contribution in [3.05, 3.63) is 83.3 Å². The Kier molecular flexibility index (Phi) is 6.24. The molecule has 0 N–H and O–H groups in total. The average molecular weight is 265 g/mol. The first-order chi connectivity index (χ1) is 9.56. The summed E-state index contributed by atoms with van der Waals surface area (Å²) in [5, 5.41) is 0. The van der Waals surface area contributed by atoms with Gasteiger partial charge < -0.3 is 0 Å². The van der Waals surface area contributed by atoms with Crippen molar-refractivity contribution in [3.63, 3.8) is 0 Å². The number of benzene rings is 1. The van der Waals surface area contributed by atoms with Crippen LogP contribution < -0.4 is 0 Å². The van der Waals surface area contributed by atoms with Crippen molar-refractivity contribution < 1.29 is 0 Å². The van der Waals surface area contributed by atoms with Gasteiger partial charge in [0, 0.05) is 6.42 Å². The molecule has 0 heterocycles. The third-order valence-electron chi connectivity index (χ3n) is 3.30. The lowest BCUT2D eigenvalue weighted by Gasteiger charge is -2.08. The molecule has 0 unspecified atom stereocenters. The molecule has 0 aliphatic heterocycles. The van der Waals surface area contributed by atoms with Gasteiger partial charge >= 0.3 is 0 Å². The average Bonchev–Trinajstić information content (AvgIpc) is 2.46. The lowest BCUT2D eigenvalue weighted by molar-refractivity contribution is 1.33. The van der Waals surface area contributed by atoms with Crippen molar-refractivity contribution >= 4 is 5.57 Å². The summed E-state index contributed by atoms with van der Waals surface area (Å²) in [6.45, 7) is 14.5. The van der Waals surface area contributed by atoms with Gasteiger partial charge in [0.25, 0.3) is 0 Å². The smallest absolute Gasteiger partial charge is 0.0128 e. The Bertz CT molecular complexity index is 566. The molecule has 0 spiro atoms. The number of allylic oxidation sites excluding steroid dienone is 7. The fourth-order valence-electron chi connectivity index (χ4n) is 1.89. The molecule has 1 aromatic rings. The second-order valence-electron chi connectivity index (χ2n) is 4.88. The zero-order valence-electron chi connectivity index (χ0n) is 13.3. The van der Waals surface area contributed by atoms with Crippen LogP contribution in [0, 0.1) is 20.3 Å². The summed E-state index contributed by atoms with van der Waals surface area (Å²) in [4.78, 5) is 0. The van der Waals surface area contributed by atoms with Crippen LogP contribution in [0.4, 0.5) is 0 Å². The standard InChI is InChI=1S/C18H19.C2H6/c1-13-5-8-17(9-6-13)11-16(4)18-10-7-14(2)15(3)12-18;1-2/h5-12H,4H2,1-3H3;1-2H3. The van der Waals surface area contributed by atoms with Crippen LogP contribution in [0.2, 0.25) is 0 Å². The molecule has 0 aromatic heterocycles. The molecule has 0 heteroatoms. The molecule has 0 saturated heterocycles. The quantitative estimate of drug-likeness (QED) is 0.616. The molecule has 1 aliphatic rings. The van der Waals surface area contributed by atoms with Gasteiger partial charge in [-0.1, -0.05) is 68.5 Å². The van der Waals surface area contributed by atoms with E-state index in [1.54, 1.807) is 0 Å². The van der Waals surface area contributed by atoms with Crippen molar-refractivity contribution in [2.24, 2.45) is 0 Å². The molecule has 0 atom stereocenters. The van der Waals surface area contributed by atoms with E-state index < -0.39 is 0 Å². The Hall–Kier alpha value is -1.82. The van der Waals surface area contributed by atoms with Gasteiger partial charge in [-0.15, -0.1) is 0 Å². The number of hydrogen-bond donors (Lipinski definition) is 0. The summed E-state index contributed by atoms with van der Waals surface area (Å²) >= 11 is 0. The van der Waals surface area contributed by atoms with Crippen molar-refractivity contribution in [2.45, 2.75) is 34.6 Å². The van der Waals surface area contributed by atoms with Gasteiger partial charge in [0.15, 0.2) is 0 Å². The summed E-state index contributed by atoms with van der Waals surface area (Å²) in [6, 6.07) is 6.48. The van der Waals surface area contributed by atoms with E-state index in [-0.39, 0.29) is 0 Å². The van der Waals surface area contributed by atoms with E-state index in [2.05, 4.69) is 76.3 Å². The highest BCUT2D eigenvalue weighted by Gasteiger charge is 2.02. The lowest BCUT2D eigenvalue weighted by Crippen LogP contribution is -1.89. The van der Waals surface area contributed by atoms with Gasteiger partial charge in [0.05, 0.1) is 0 Å². The molecule has 1 radical (unpaired) electrons. The minimum atomic E-state index is 1.06. The van der Waals surface area contributed by atoms with Gasteiger partial charge in [-0.05, 0) is 48.6 Å². The minimum Gasteiger partial charge on any atom is -0.0911 e. The molecule has 0 bridgehead atoms. The number of aryl methyl sites for hydroxylation is 2. The molecule has 0 saturated carbocycles. The first kappa shape index (κ1) is 16.2. The predicted molar refractivity (Wildman–Crippen MR) is 91.6 cm³/mol. The molecule has 20 heavy (non-hydrogen) atoms. The molecule has 0 amide bonds. The molecule has 1 aliphatic carbocycles. The molecular weight excluding hydrogens is 240 g/mol. The summed E-state index contributed by atoms with van der Waals surface area (Å²) in [6.07, 6.45) is 10.6. The van der Waals surface area contributed by atoms with Crippen molar-refractivity contribution in [1.82, 2.24) is 0 Å². The van der Waals surface area contributed by atoms with Crippen molar-refractivity contribution in [1.29, 1.82) is 0 Å². The maximum absolute atomic E-state index is 4.16.